The highest BCUT2D eigenvalue weighted by Crippen LogP contribution is 1.95. The van der Waals surface area contributed by atoms with Crippen molar-refractivity contribution in [3.8, 4) is 0 Å². The van der Waals surface area contributed by atoms with Crippen LogP contribution < -0.4 is 11.1 Å². The van der Waals surface area contributed by atoms with Crippen molar-refractivity contribution in [1.29, 1.82) is 0 Å². The number of aliphatic imine (C=N–C) groups is 1. The highest BCUT2D eigenvalue weighted by atomic mass is 15.3. The Morgan fingerprint density at radius 1 is 1.62 bits per heavy atom. The van der Waals surface area contributed by atoms with E-state index in [-0.39, 0.29) is 0 Å². The van der Waals surface area contributed by atoms with Gasteiger partial charge in [0.15, 0.2) is 5.96 Å². The van der Waals surface area contributed by atoms with Crippen LogP contribution in [0.1, 0.15) is 26.6 Å². The average molecular weight is 224 g/mol. The number of guanidine groups is 1. The first kappa shape index (κ1) is 12.5. The predicted molar refractivity (Wildman–Crippen MR) is 64.2 cm³/mol. The van der Waals surface area contributed by atoms with Crippen LogP contribution in [0.5, 0.6) is 0 Å². The molecule has 90 valence electrons. The van der Waals surface area contributed by atoms with Crippen molar-refractivity contribution in [3.63, 3.8) is 0 Å². The summed E-state index contributed by atoms with van der Waals surface area (Å²) >= 11 is 0. The molecule has 0 fully saturated rings. The first-order chi connectivity index (χ1) is 7.63. The molecule has 0 aliphatic heterocycles. The van der Waals surface area contributed by atoms with Crippen molar-refractivity contribution in [2.45, 2.75) is 39.8 Å². The summed E-state index contributed by atoms with van der Waals surface area (Å²) in [4.78, 5) is 4.22. The highest BCUT2D eigenvalue weighted by molar-refractivity contribution is 5.77. The topological polar surface area (TPSA) is 81.1 Å². The maximum atomic E-state index is 5.68. The molecule has 3 N–H and O–H groups in total. The van der Waals surface area contributed by atoms with Gasteiger partial charge in [0.1, 0.15) is 12.2 Å². The molecule has 0 aliphatic carbocycles. The highest BCUT2D eigenvalue weighted by Gasteiger charge is 2.00. The van der Waals surface area contributed by atoms with Gasteiger partial charge in [-0.1, -0.05) is 6.92 Å². The minimum Gasteiger partial charge on any atom is -0.370 e. The molecule has 0 saturated carbocycles. The van der Waals surface area contributed by atoms with E-state index < -0.39 is 0 Å². The van der Waals surface area contributed by atoms with E-state index >= 15 is 0 Å². The zero-order valence-corrected chi connectivity index (χ0v) is 10.1. The van der Waals surface area contributed by atoms with Crippen molar-refractivity contribution >= 4 is 5.96 Å². The Hall–Kier alpha value is -1.59. The molecule has 0 saturated heterocycles. The SMILES string of the molecule is CCc1nncn1CCN=C(N)NC(C)C. The zero-order valence-electron chi connectivity index (χ0n) is 10.1. The fraction of sp³-hybridized carbons (Fsp3) is 0.700. The summed E-state index contributed by atoms with van der Waals surface area (Å²) in [5, 5.41) is 10.9. The molecule has 0 unspecified atom stereocenters. The lowest BCUT2D eigenvalue weighted by atomic mass is 10.4. The molecule has 1 aromatic rings. The van der Waals surface area contributed by atoms with Crippen LogP contribution in [0.4, 0.5) is 0 Å². The minimum absolute atomic E-state index is 0.310. The van der Waals surface area contributed by atoms with Gasteiger partial charge in [0, 0.05) is 19.0 Å². The number of hydrogen-bond acceptors (Lipinski definition) is 3. The smallest absolute Gasteiger partial charge is 0.188 e. The van der Waals surface area contributed by atoms with Crippen molar-refractivity contribution in [1.82, 2.24) is 20.1 Å². The van der Waals surface area contributed by atoms with Gasteiger partial charge >= 0.3 is 0 Å². The number of aromatic nitrogens is 3. The first-order valence-corrected chi connectivity index (χ1v) is 5.56. The lowest BCUT2D eigenvalue weighted by molar-refractivity contribution is 0.659. The van der Waals surface area contributed by atoms with E-state index in [0.717, 1.165) is 18.8 Å². The van der Waals surface area contributed by atoms with Crippen LogP contribution in [0.15, 0.2) is 11.3 Å². The van der Waals surface area contributed by atoms with E-state index in [2.05, 4.69) is 27.4 Å². The Balaban J connectivity index is 2.40. The molecule has 0 radical (unpaired) electrons. The van der Waals surface area contributed by atoms with Crippen LogP contribution in [0, 0.1) is 0 Å². The molecular weight excluding hydrogens is 204 g/mol. The van der Waals surface area contributed by atoms with Crippen LogP contribution in [-0.2, 0) is 13.0 Å². The van der Waals surface area contributed by atoms with Gasteiger partial charge in [-0.2, -0.15) is 0 Å². The van der Waals surface area contributed by atoms with Gasteiger partial charge < -0.3 is 15.6 Å². The molecule has 6 nitrogen and oxygen atoms in total. The molecule has 6 heteroatoms. The quantitative estimate of drug-likeness (QED) is 0.551. The van der Waals surface area contributed by atoms with Crippen LogP contribution in [0.2, 0.25) is 0 Å². The van der Waals surface area contributed by atoms with Crippen LogP contribution in [0.3, 0.4) is 0 Å². The molecule has 1 heterocycles. The standard InChI is InChI=1S/C10H20N6/c1-4-9-15-13-7-16(9)6-5-12-10(11)14-8(2)3/h7-8H,4-6H2,1-3H3,(H3,11,12,14). The van der Waals surface area contributed by atoms with Crippen molar-refractivity contribution in [2.75, 3.05) is 6.54 Å². The van der Waals surface area contributed by atoms with Gasteiger partial charge in [-0.05, 0) is 13.8 Å². The van der Waals surface area contributed by atoms with E-state index in [0.29, 0.717) is 18.5 Å². The molecule has 0 atom stereocenters. The second-order valence-corrected chi connectivity index (χ2v) is 3.86. The van der Waals surface area contributed by atoms with Gasteiger partial charge in [0.2, 0.25) is 0 Å². The molecule has 0 amide bonds. The minimum atomic E-state index is 0.310. The summed E-state index contributed by atoms with van der Waals surface area (Å²) in [6, 6.07) is 0.310. The lowest BCUT2D eigenvalue weighted by Gasteiger charge is -2.08. The molecule has 0 bridgehead atoms. The molecule has 0 aromatic carbocycles. The second-order valence-electron chi connectivity index (χ2n) is 3.86. The Morgan fingerprint density at radius 3 is 3.00 bits per heavy atom. The summed E-state index contributed by atoms with van der Waals surface area (Å²) in [5.74, 6) is 1.46. The summed E-state index contributed by atoms with van der Waals surface area (Å²) in [6.07, 6.45) is 2.60. The van der Waals surface area contributed by atoms with Crippen molar-refractivity contribution in [3.05, 3.63) is 12.2 Å². The zero-order chi connectivity index (χ0) is 12.0. The average Bonchev–Trinajstić information content (AvgIpc) is 2.64. The van der Waals surface area contributed by atoms with E-state index in [4.69, 9.17) is 5.73 Å². The summed E-state index contributed by atoms with van der Waals surface area (Å²) in [6.45, 7) is 7.50. The number of nitrogens with one attached hydrogen (secondary N) is 1. The summed E-state index contributed by atoms with van der Waals surface area (Å²) in [5.41, 5.74) is 5.68. The van der Waals surface area contributed by atoms with Gasteiger partial charge in [-0.3, -0.25) is 4.99 Å². The van der Waals surface area contributed by atoms with Crippen LogP contribution in [0.25, 0.3) is 0 Å². The number of rotatable bonds is 5. The molecule has 0 spiro atoms. The third-order valence-corrected chi connectivity index (χ3v) is 2.07. The summed E-state index contributed by atoms with van der Waals surface area (Å²) < 4.78 is 1.99. The first-order valence-electron chi connectivity index (χ1n) is 5.56. The third-order valence-electron chi connectivity index (χ3n) is 2.07. The fourth-order valence-electron chi connectivity index (χ4n) is 1.36. The Kier molecular flexibility index (Phi) is 4.75. The van der Waals surface area contributed by atoms with Crippen LogP contribution in [-0.4, -0.2) is 33.3 Å². The van der Waals surface area contributed by atoms with E-state index in [1.165, 1.54) is 0 Å². The number of aryl methyl sites for hydroxylation is 1. The van der Waals surface area contributed by atoms with Crippen molar-refractivity contribution in [2.24, 2.45) is 10.7 Å². The predicted octanol–water partition coefficient (Wildman–Crippen LogP) is 0.153. The third kappa shape index (κ3) is 3.88. The molecular formula is C10H20N6. The maximum absolute atomic E-state index is 5.68. The fourth-order valence-corrected chi connectivity index (χ4v) is 1.36. The van der Waals surface area contributed by atoms with Gasteiger partial charge in [-0.15, -0.1) is 10.2 Å². The molecule has 0 aliphatic rings. The molecule has 16 heavy (non-hydrogen) atoms. The van der Waals surface area contributed by atoms with Gasteiger partial charge in [0.05, 0.1) is 6.54 Å². The summed E-state index contributed by atoms with van der Waals surface area (Å²) in [7, 11) is 0. The molecule has 1 aromatic heterocycles. The van der Waals surface area contributed by atoms with E-state index in [1.54, 1.807) is 6.33 Å². The normalized spacial score (nSPS) is 12.1. The largest absolute Gasteiger partial charge is 0.370 e. The Bertz CT molecular complexity index is 341. The van der Waals surface area contributed by atoms with Gasteiger partial charge in [-0.25, -0.2) is 0 Å². The second kappa shape index (κ2) is 6.09. The van der Waals surface area contributed by atoms with E-state index in [1.807, 2.05) is 18.4 Å². The Labute approximate surface area is 96.0 Å². The van der Waals surface area contributed by atoms with Crippen molar-refractivity contribution < 1.29 is 0 Å². The number of hydrogen-bond donors (Lipinski definition) is 2. The lowest BCUT2D eigenvalue weighted by Crippen LogP contribution is -2.37. The number of nitrogens with zero attached hydrogens (tertiary/aromatic N) is 4. The maximum Gasteiger partial charge on any atom is 0.188 e. The van der Waals surface area contributed by atoms with Gasteiger partial charge in [0.25, 0.3) is 0 Å². The van der Waals surface area contributed by atoms with Crippen LogP contribution >= 0.6 is 0 Å². The van der Waals surface area contributed by atoms with E-state index in [9.17, 15) is 0 Å². The molecule has 1 rings (SSSR count). The monoisotopic (exact) mass is 224 g/mol. The number of nitrogens with two attached hydrogens (primary N) is 1. The Morgan fingerprint density at radius 2 is 2.38 bits per heavy atom.